The number of carbonyl (C=O) groups excluding carboxylic acids is 2. The first-order valence-electron chi connectivity index (χ1n) is 11.7. The van der Waals surface area contributed by atoms with Gasteiger partial charge in [0.1, 0.15) is 53.8 Å². The summed E-state index contributed by atoms with van der Waals surface area (Å²) in [5.41, 5.74) is -3.69. The summed E-state index contributed by atoms with van der Waals surface area (Å²) >= 11 is 0. The standard InChI is InChI=1S/C24H30O12/c1-22-8-14(27)13-7-24(22,35-20-18(30)17(29)16(28)15(9-25)34-20)23(13,21(32-2)36-22)10-33-19(31)11-3-5-12(26)6-4-11/h3-6,13,15-18,20-21,25-26,28-30H,7-10H2,1-2H3/t13-,15+,16+,17-,18+,20-,21-,22-,23-,24+/m0/s1. The number of hydrogen-bond acceptors (Lipinski definition) is 12. The van der Waals surface area contributed by atoms with Gasteiger partial charge in [0.2, 0.25) is 0 Å². The first kappa shape index (κ1) is 25.5. The highest BCUT2D eigenvalue weighted by molar-refractivity contribution is 5.90. The number of aliphatic hydroxyl groups excluding tert-OH is 4. The summed E-state index contributed by atoms with van der Waals surface area (Å²) in [4.78, 5) is 25.9. The molecule has 12 heteroatoms. The lowest BCUT2D eigenvalue weighted by molar-refractivity contribution is -0.381. The molecule has 3 aliphatic carbocycles. The molecule has 2 aliphatic heterocycles. The third-order valence-corrected chi connectivity index (χ3v) is 8.33. The van der Waals surface area contributed by atoms with E-state index in [0.29, 0.717) is 0 Å². The maximum Gasteiger partial charge on any atom is 0.338 e. The predicted octanol–water partition coefficient (Wildman–Crippen LogP) is -1.16. The van der Waals surface area contributed by atoms with Gasteiger partial charge in [-0.25, -0.2) is 4.79 Å². The quantitative estimate of drug-likeness (QED) is 0.278. The number of benzene rings is 1. The van der Waals surface area contributed by atoms with Crippen molar-refractivity contribution in [1.29, 1.82) is 0 Å². The normalized spacial score (nSPS) is 45.3. The molecule has 0 amide bonds. The lowest BCUT2D eigenvalue weighted by atomic mass is 9.41. The zero-order chi connectivity index (χ0) is 26.0. The molecule has 198 valence electrons. The minimum atomic E-state index is -1.67. The summed E-state index contributed by atoms with van der Waals surface area (Å²) < 4.78 is 29.4. The molecule has 2 heterocycles. The number of ether oxygens (including phenoxy) is 5. The van der Waals surface area contributed by atoms with Crippen molar-refractivity contribution in [3.63, 3.8) is 0 Å². The van der Waals surface area contributed by atoms with Gasteiger partial charge >= 0.3 is 5.97 Å². The van der Waals surface area contributed by atoms with Crippen LogP contribution in [0.15, 0.2) is 24.3 Å². The third kappa shape index (κ3) is 3.30. The van der Waals surface area contributed by atoms with Gasteiger partial charge in [-0.05, 0) is 37.6 Å². The third-order valence-electron chi connectivity index (χ3n) is 8.33. The van der Waals surface area contributed by atoms with Crippen LogP contribution < -0.4 is 0 Å². The Morgan fingerprint density at radius 2 is 1.83 bits per heavy atom. The molecule has 1 aromatic carbocycles. The van der Waals surface area contributed by atoms with E-state index in [-0.39, 0.29) is 36.5 Å². The lowest BCUT2D eigenvalue weighted by Crippen LogP contribution is -2.80. The maximum atomic E-state index is 13.1. The summed E-state index contributed by atoms with van der Waals surface area (Å²) in [7, 11) is 1.39. The topological polar surface area (TPSA) is 181 Å². The molecule has 2 saturated heterocycles. The number of hydrogen-bond donors (Lipinski definition) is 5. The van der Waals surface area contributed by atoms with Crippen molar-refractivity contribution in [3.8, 4) is 5.75 Å². The van der Waals surface area contributed by atoms with Crippen molar-refractivity contribution in [1.82, 2.24) is 0 Å². The second-order valence-corrected chi connectivity index (χ2v) is 10.1. The first-order valence-corrected chi connectivity index (χ1v) is 11.7. The van der Waals surface area contributed by atoms with Crippen LogP contribution in [-0.2, 0) is 28.5 Å². The smallest absolute Gasteiger partial charge is 0.338 e. The van der Waals surface area contributed by atoms with E-state index in [1.54, 1.807) is 6.92 Å². The van der Waals surface area contributed by atoms with Crippen molar-refractivity contribution < 1.29 is 58.8 Å². The van der Waals surface area contributed by atoms with Crippen LogP contribution in [0.3, 0.4) is 0 Å². The highest BCUT2D eigenvalue weighted by Gasteiger charge is 2.87. The second kappa shape index (κ2) is 8.71. The van der Waals surface area contributed by atoms with Gasteiger partial charge < -0.3 is 49.2 Å². The first-order chi connectivity index (χ1) is 17.0. The fourth-order valence-corrected chi connectivity index (χ4v) is 6.41. The number of phenols is 1. The lowest BCUT2D eigenvalue weighted by Gasteiger charge is -2.66. The van der Waals surface area contributed by atoms with E-state index in [0.717, 1.165) is 0 Å². The molecular weight excluding hydrogens is 480 g/mol. The highest BCUT2D eigenvalue weighted by Crippen LogP contribution is 2.74. The average molecular weight is 510 g/mol. The summed E-state index contributed by atoms with van der Waals surface area (Å²) in [6, 6.07) is 5.47. The van der Waals surface area contributed by atoms with Crippen LogP contribution in [0.4, 0.5) is 0 Å². The number of ketones is 1. The molecule has 10 atom stereocenters. The number of rotatable bonds is 7. The molecule has 0 unspecified atom stereocenters. The van der Waals surface area contributed by atoms with E-state index in [1.807, 2.05) is 0 Å². The van der Waals surface area contributed by atoms with Crippen LogP contribution in [-0.4, -0.2) is 106 Å². The number of Topliss-reactive ketones (excluding diaryl/α,β-unsaturated/α-hetero) is 1. The minimum Gasteiger partial charge on any atom is -0.508 e. The SMILES string of the molecule is CO[C@H]1O[C@@]2(C)CC(=O)[C@@H]3C[C@]2(O[C@@H]2O[C@H](CO)[C@@H](O)[C@H](O)[C@H]2O)[C@]13COC(=O)c1ccc(O)cc1. The van der Waals surface area contributed by atoms with Gasteiger partial charge in [0.25, 0.3) is 0 Å². The summed E-state index contributed by atoms with van der Waals surface area (Å²) in [5, 5.41) is 50.1. The van der Waals surface area contributed by atoms with Crippen LogP contribution in [0.1, 0.15) is 30.1 Å². The van der Waals surface area contributed by atoms with Gasteiger partial charge in [-0.15, -0.1) is 0 Å². The molecular formula is C24H30O12. The van der Waals surface area contributed by atoms with Crippen molar-refractivity contribution in [2.24, 2.45) is 11.3 Å². The second-order valence-electron chi connectivity index (χ2n) is 10.1. The van der Waals surface area contributed by atoms with Gasteiger partial charge in [-0.3, -0.25) is 4.79 Å². The molecule has 5 aliphatic rings. The van der Waals surface area contributed by atoms with Crippen LogP contribution in [0.2, 0.25) is 0 Å². The number of methoxy groups -OCH3 is 1. The van der Waals surface area contributed by atoms with E-state index < -0.39 is 72.1 Å². The molecule has 3 saturated carbocycles. The minimum absolute atomic E-state index is 0.0180. The Balaban J connectivity index is 1.48. The average Bonchev–Trinajstić information content (AvgIpc) is 2.93. The fraction of sp³-hybridized carbons (Fsp3) is 0.667. The zero-order valence-electron chi connectivity index (χ0n) is 19.8. The van der Waals surface area contributed by atoms with E-state index in [2.05, 4.69) is 0 Å². The Morgan fingerprint density at radius 3 is 2.47 bits per heavy atom. The summed E-state index contributed by atoms with van der Waals surface area (Å²) in [5.74, 6) is -1.48. The molecule has 0 spiro atoms. The molecule has 5 fully saturated rings. The summed E-state index contributed by atoms with van der Waals surface area (Å²) in [6.07, 6.45) is -8.46. The van der Waals surface area contributed by atoms with Gasteiger partial charge in [0, 0.05) is 19.4 Å². The van der Waals surface area contributed by atoms with Gasteiger partial charge in [0.15, 0.2) is 12.6 Å². The van der Waals surface area contributed by atoms with Crippen molar-refractivity contribution in [2.75, 3.05) is 20.3 Å². The van der Waals surface area contributed by atoms with Crippen molar-refractivity contribution in [3.05, 3.63) is 29.8 Å². The van der Waals surface area contributed by atoms with E-state index in [9.17, 15) is 35.1 Å². The number of aromatic hydroxyl groups is 1. The number of carbonyl (C=O) groups is 2. The van der Waals surface area contributed by atoms with Crippen LogP contribution in [0.25, 0.3) is 0 Å². The van der Waals surface area contributed by atoms with Gasteiger partial charge in [-0.1, -0.05) is 0 Å². The van der Waals surface area contributed by atoms with E-state index >= 15 is 0 Å². The Labute approximate surface area is 206 Å². The molecule has 6 rings (SSSR count). The number of fused-ring (bicyclic) bond motifs is 1. The maximum absolute atomic E-state index is 13.1. The van der Waals surface area contributed by atoms with Crippen LogP contribution in [0.5, 0.6) is 5.75 Å². The molecule has 4 bridgehead atoms. The molecule has 0 aromatic heterocycles. The Morgan fingerprint density at radius 1 is 1.14 bits per heavy atom. The molecule has 12 nitrogen and oxygen atoms in total. The highest BCUT2D eigenvalue weighted by atomic mass is 16.8. The molecule has 5 N–H and O–H groups in total. The monoisotopic (exact) mass is 510 g/mol. The summed E-state index contributed by atoms with van der Waals surface area (Å²) in [6.45, 7) is 0.706. The molecule has 0 radical (unpaired) electrons. The van der Waals surface area contributed by atoms with Crippen molar-refractivity contribution >= 4 is 11.8 Å². The number of aliphatic hydroxyl groups is 4. The van der Waals surface area contributed by atoms with E-state index in [1.165, 1.54) is 31.4 Å². The van der Waals surface area contributed by atoms with Gasteiger partial charge in [-0.2, -0.15) is 0 Å². The Kier molecular flexibility index (Phi) is 6.16. The number of phenolic OH excluding ortho intramolecular Hbond substituents is 1. The predicted molar refractivity (Wildman–Crippen MR) is 116 cm³/mol. The Bertz CT molecular complexity index is 1030. The van der Waals surface area contributed by atoms with Crippen molar-refractivity contribution in [2.45, 2.75) is 68.0 Å². The Hall–Kier alpha value is -2.16. The van der Waals surface area contributed by atoms with Crippen LogP contribution >= 0.6 is 0 Å². The van der Waals surface area contributed by atoms with Gasteiger partial charge in [0.05, 0.1) is 17.6 Å². The fourth-order valence-electron chi connectivity index (χ4n) is 6.41. The number of esters is 1. The molecule has 36 heavy (non-hydrogen) atoms. The van der Waals surface area contributed by atoms with Crippen LogP contribution in [0, 0.1) is 11.3 Å². The largest absolute Gasteiger partial charge is 0.508 e. The zero-order valence-corrected chi connectivity index (χ0v) is 19.8. The van der Waals surface area contributed by atoms with E-state index in [4.69, 9.17) is 23.7 Å². The molecule has 1 aromatic rings.